The number of rotatable bonds is 11. The smallest absolute Gasteiger partial charge is 0.245 e. The lowest BCUT2D eigenvalue weighted by Gasteiger charge is -2.48. The van der Waals surface area contributed by atoms with Gasteiger partial charge in [-0.25, -0.2) is 4.98 Å². The van der Waals surface area contributed by atoms with Crippen LogP contribution in [0.4, 0.5) is 0 Å². The highest BCUT2D eigenvalue weighted by molar-refractivity contribution is 6.30. The Balaban J connectivity index is 1.45. The third kappa shape index (κ3) is 7.54. The molecule has 2 heterocycles. The molecule has 2 N–H and O–H groups in total. The molecule has 8 nitrogen and oxygen atoms in total. The molecule has 4 rings (SSSR count). The van der Waals surface area contributed by atoms with Crippen LogP contribution < -0.4 is 10.6 Å². The Hall–Kier alpha value is -2.45. The number of nitrogens with zero attached hydrogens (tertiary/aromatic N) is 4. The van der Waals surface area contributed by atoms with Crippen molar-refractivity contribution in [1.29, 1.82) is 0 Å². The number of piperidine rings is 1. The van der Waals surface area contributed by atoms with E-state index in [0.717, 1.165) is 31.5 Å². The van der Waals surface area contributed by atoms with Crippen LogP contribution in [-0.2, 0) is 22.6 Å². The Bertz CT molecular complexity index is 983. The number of nitrogens with one attached hydrogen (secondary N) is 2. The molecular weight excluding hydrogens is 488 g/mol. The molecule has 9 heteroatoms. The van der Waals surface area contributed by atoms with Crippen LogP contribution >= 0.6 is 11.6 Å². The number of halogens is 1. The van der Waals surface area contributed by atoms with Crippen LogP contribution in [0.3, 0.4) is 0 Å². The third-order valence-corrected chi connectivity index (χ3v) is 8.50. The first-order valence-electron chi connectivity index (χ1n) is 13.8. The van der Waals surface area contributed by atoms with Gasteiger partial charge in [0, 0.05) is 44.0 Å². The first-order valence-corrected chi connectivity index (χ1v) is 14.2. The standard InChI is InChI=1S/C28H41ClN6O2/c1-2-30-15-12-26(36)33-25(18-22-8-10-24(29)11-9-22)27(37)34-16-13-28(14-17-34,19-35-21-31-20-32-35)23-6-4-3-5-7-23/h8-11,20-21,23,25,30H,2-7,12-19H2,1H3,(H,33,36). The van der Waals surface area contributed by atoms with Gasteiger partial charge in [0.1, 0.15) is 18.7 Å². The Morgan fingerprint density at radius 2 is 1.86 bits per heavy atom. The molecule has 1 unspecified atom stereocenters. The van der Waals surface area contributed by atoms with Crippen molar-refractivity contribution in [1.82, 2.24) is 30.3 Å². The molecule has 2 aliphatic rings. The van der Waals surface area contributed by atoms with E-state index in [4.69, 9.17) is 11.6 Å². The van der Waals surface area contributed by atoms with Gasteiger partial charge in [0.15, 0.2) is 0 Å². The average molecular weight is 529 g/mol. The predicted octanol–water partition coefficient (Wildman–Crippen LogP) is 3.85. The topological polar surface area (TPSA) is 92.2 Å². The van der Waals surface area contributed by atoms with E-state index in [2.05, 4.69) is 20.7 Å². The largest absolute Gasteiger partial charge is 0.344 e. The molecule has 1 saturated heterocycles. The lowest BCUT2D eigenvalue weighted by atomic mass is 9.63. The maximum absolute atomic E-state index is 13.8. The second kappa shape index (κ2) is 13.4. The van der Waals surface area contributed by atoms with Gasteiger partial charge in [-0.1, -0.05) is 49.9 Å². The Morgan fingerprint density at radius 3 is 2.51 bits per heavy atom. The molecule has 2 aromatic rings. The Morgan fingerprint density at radius 1 is 1.14 bits per heavy atom. The summed E-state index contributed by atoms with van der Waals surface area (Å²) in [5.41, 5.74) is 1.11. The second-order valence-corrected chi connectivity index (χ2v) is 11.1. The molecule has 1 aromatic heterocycles. The minimum Gasteiger partial charge on any atom is -0.344 e. The fraction of sp³-hybridized carbons (Fsp3) is 0.643. The first kappa shape index (κ1) is 27.6. The summed E-state index contributed by atoms with van der Waals surface area (Å²) in [6.07, 6.45) is 12.5. The SMILES string of the molecule is CCNCCC(=O)NC(Cc1ccc(Cl)cc1)C(=O)N1CCC(Cn2cncn2)(C2CCCCC2)CC1. The van der Waals surface area contributed by atoms with Gasteiger partial charge in [-0.2, -0.15) is 5.10 Å². The summed E-state index contributed by atoms with van der Waals surface area (Å²) in [6.45, 7) is 5.68. The second-order valence-electron chi connectivity index (χ2n) is 10.7. The van der Waals surface area contributed by atoms with Crippen molar-refractivity contribution >= 4 is 23.4 Å². The number of likely N-dealkylation sites (tertiary alicyclic amines) is 1. The molecule has 37 heavy (non-hydrogen) atoms. The Labute approximate surface area is 225 Å². The van der Waals surface area contributed by atoms with Gasteiger partial charge in [0.25, 0.3) is 0 Å². The summed E-state index contributed by atoms with van der Waals surface area (Å²) >= 11 is 6.07. The maximum Gasteiger partial charge on any atom is 0.245 e. The van der Waals surface area contributed by atoms with E-state index in [0.29, 0.717) is 43.4 Å². The van der Waals surface area contributed by atoms with Gasteiger partial charge in [-0.3, -0.25) is 14.3 Å². The molecule has 2 amide bonds. The van der Waals surface area contributed by atoms with E-state index < -0.39 is 6.04 Å². The van der Waals surface area contributed by atoms with Crippen molar-refractivity contribution in [2.45, 2.75) is 77.3 Å². The van der Waals surface area contributed by atoms with Gasteiger partial charge in [0.05, 0.1) is 0 Å². The molecule has 1 saturated carbocycles. The highest BCUT2D eigenvalue weighted by atomic mass is 35.5. The lowest BCUT2D eigenvalue weighted by molar-refractivity contribution is -0.139. The molecule has 1 aliphatic carbocycles. The lowest BCUT2D eigenvalue weighted by Crippen LogP contribution is -2.54. The van der Waals surface area contributed by atoms with Crippen LogP contribution in [0.2, 0.25) is 5.02 Å². The minimum atomic E-state index is -0.590. The highest BCUT2D eigenvalue weighted by Crippen LogP contribution is 2.47. The van der Waals surface area contributed by atoms with Gasteiger partial charge in [-0.05, 0) is 61.3 Å². The molecular formula is C28H41ClN6O2. The van der Waals surface area contributed by atoms with E-state index in [1.54, 1.807) is 6.33 Å². The molecule has 202 valence electrons. The molecule has 1 aliphatic heterocycles. The van der Waals surface area contributed by atoms with Crippen LogP contribution in [0.1, 0.15) is 63.9 Å². The van der Waals surface area contributed by atoms with Gasteiger partial charge in [0.2, 0.25) is 11.8 Å². The summed E-state index contributed by atoms with van der Waals surface area (Å²) in [6, 6.07) is 6.92. The zero-order valence-electron chi connectivity index (χ0n) is 22.0. The van der Waals surface area contributed by atoms with Crippen molar-refractivity contribution < 1.29 is 9.59 Å². The monoisotopic (exact) mass is 528 g/mol. The number of hydrogen-bond donors (Lipinski definition) is 2. The number of amides is 2. The molecule has 0 radical (unpaired) electrons. The summed E-state index contributed by atoms with van der Waals surface area (Å²) in [5.74, 6) is 0.552. The molecule has 1 aromatic carbocycles. The average Bonchev–Trinajstić information content (AvgIpc) is 3.43. The van der Waals surface area contributed by atoms with Crippen molar-refractivity contribution in [3.05, 3.63) is 47.5 Å². The number of carbonyl (C=O) groups excluding carboxylic acids is 2. The Kier molecular flexibility index (Phi) is 9.97. The molecule has 0 bridgehead atoms. The molecule has 1 atom stereocenters. The van der Waals surface area contributed by atoms with E-state index >= 15 is 0 Å². The van der Waals surface area contributed by atoms with Crippen LogP contribution in [-0.4, -0.2) is 63.7 Å². The van der Waals surface area contributed by atoms with E-state index in [9.17, 15) is 9.59 Å². The number of benzene rings is 1. The third-order valence-electron chi connectivity index (χ3n) is 8.25. The normalized spacial score (nSPS) is 18.9. The van der Waals surface area contributed by atoms with Crippen molar-refractivity contribution in [2.24, 2.45) is 11.3 Å². The van der Waals surface area contributed by atoms with Crippen molar-refractivity contribution in [3.63, 3.8) is 0 Å². The number of carbonyl (C=O) groups is 2. The zero-order valence-corrected chi connectivity index (χ0v) is 22.8. The van der Waals surface area contributed by atoms with Crippen molar-refractivity contribution in [3.8, 4) is 0 Å². The minimum absolute atomic E-state index is 0.00440. The van der Waals surface area contributed by atoms with E-state index in [1.165, 1.54) is 32.1 Å². The zero-order chi connectivity index (χ0) is 26.1. The van der Waals surface area contributed by atoms with Gasteiger partial charge < -0.3 is 15.5 Å². The fourth-order valence-corrected chi connectivity index (χ4v) is 6.27. The van der Waals surface area contributed by atoms with Crippen LogP contribution in [0.5, 0.6) is 0 Å². The predicted molar refractivity (Wildman–Crippen MR) is 145 cm³/mol. The molecule has 0 spiro atoms. The van der Waals surface area contributed by atoms with Crippen LogP contribution in [0.15, 0.2) is 36.9 Å². The van der Waals surface area contributed by atoms with E-state index in [-0.39, 0.29) is 17.2 Å². The van der Waals surface area contributed by atoms with Gasteiger partial charge >= 0.3 is 0 Å². The number of aromatic nitrogens is 3. The maximum atomic E-state index is 13.8. The highest BCUT2D eigenvalue weighted by Gasteiger charge is 2.43. The van der Waals surface area contributed by atoms with Gasteiger partial charge in [-0.15, -0.1) is 0 Å². The summed E-state index contributed by atoms with van der Waals surface area (Å²) in [4.78, 5) is 32.6. The summed E-state index contributed by atoms with van der Waals surface area (Å²) in [5, 5.41) is 11.3. The van der Waals surface area contributed by atoms with Crippen molar-refractivity contribution in [2.75, 3.05) is 26.2 Å². The molecule has 2 fully saturated rings. The fourth-order valence-electron chi connectivity index (χ4n) is 6.14. The quantitative estimate of drug-likeness (QED) is 0.432. The summed E-state index contributed by atoms with van der Waals surface area (Å²) in [7, 11) is 0. The number of hydrogen-bond acceptors (Lipinski definition) is 5. The first-order chi connectivity index (χ1) is 18.0. The van der Waals surface area contributed by atoms with Crippen LogP contribution in [0, 0.1) is 11.3 Å². The summed E-state index contributed by atoms with van der Waals surface area (Å²) < 4.78 is 1.97. The van der Waals surface area contributed by atoms with E-state index in [1.807, 2.05) is 47.1 Å². The van der Waals surface area contributed by atoms with Crippen LogP contribution in [0.25, 0.3) is 0 Å².